The predicted octanol–water partition coefficient (Wildman–Crippen LogP) is 2.63. The van der Waals surface area contributed by atoms with Crippen molar-refractivity contribution in [2.24, 2.45) is 0 Å². The number of fused-ring (bicyclic) bond motifs is 3. The van der Waals surface area contributed by atoms with Gasteiger partial charge in [0.05, 0.1) is 16.7 Å². The van der Waals surface area contributed by atoms with Crippen molar-refractivity contribution in [3.05, 3.63) is 103 Å². The van der Waals surface area contributed by atoms with Crippen LogP contribution in [-0.4, -0.2) is 48.8 Å². The molecule has 0 fully saturated rings. The third-order valence-corrected chi connectivity index (χ3v) is 7.67. The zero-order valence-electron chi connectivity index (χ0n) is 21.6. The van der Waals surface area contributed by atoms with Gasteiger partial charge in [0.2, 0.25) is 0 Å². The third-order valence-electron chi connectivity index (χ3n) is 7.67. The molecular weight excluding hydrogens is 478 g/mol. The number of benzene rings is 6. The number of nitrogens with zero attached hydrogens (tertiary/aromatic N) is 2. The van der Waals surface area contributed by atoms with Gasteiger partial charge in [-0.25, -0.2) is 4.98 Å². The molecule has 0 saturated heterocycles. The number of hydrogen-bond donors (Lipinski definition) is 0. The minimum absolute atomic E-state index is 0.196. The van der Waals surface area contributed by atoms with Crippen LogP contribution in [0.15, 0.2) is 103 Å². The number of para-hydroxylation sites is 2. The van der Waals surface area contributed by atoms with Crippen LogP contribution in [0.5, 0.6) is 0 Å². The standard InChI is InChI=1S/C33H17B5N2/c34-27-26(28(35)30(37)31(38)29(27)36)25-19-12-4-6-14-21(19)32(22-15-7-5-13-20(22)25)40-24-17-9-8-16-23(24)39-33(40)18-10-2-1-3-11-18/h1-17H. The Kier molecular flexibility index (Phi) is 5.78. The fourth-order valence-corrected chi connectivity index (χ4v) is 5.77. The van der Waals surface area contributed by atoms with Gasteiger partial charge in [-0.15, -0.1) is 16.4 Å². The summed E-state index contributed by atoms with van der Waals surface area (Å²) in [6.07, 6.45) is 0. The zero-order valence-corrected chi connectivity index (χ0v) is 21.6. The summed E-state index contributed by atoms with van der Waals surface area (Å²) in [5, 5.41) is 3.92. The Morgan fingerprint density at radius 2 is 0.925 bits per heavy atom. The molecule has 7 heteroatoms. The molecule has 1 aromatic heterocycles. The Morgan fingerprint density at radius 3 is 1.52 bits per heavy atom. The molecule has 0 N–H and O–H groups in total. The van der Waals surface area contributed by atoms with E-state index in [0.717, 1.165) is 55.2 Å². The van der Waals surface area contributed by atoms with Crippen molar-refractivity contribution in [1.82, 2.24) is 9.55 Å². The van der Waals surface area contributed by atoms with Gasteiger partial charge in [-0.05, 0) is 34.0 Å². The first-order valence-corrected chi connectivity index (χ1v) is 13.0. The highest BCUT2D eigenvalue weighted by Crippen LogP contribution is 2.42. The molecule has 0 aliphatic carbocycles. The Balaban J connectivity index is 1.71. The average molecular weight is 496 g/mol. The topological polar surface area (TPSA) is 17.8 Å². The second-order valence-corrected chi connectivity index (χ2v) is 9.88. The summed E-state index contributed by atoms with van der Waals surface area (Å²) in [5.74, 6) is 0.852. The molecule has 6 aromatic carbocycles. The summed E-state index contributed by atoms with van der Waals surface area (Å²) in [4.78, 5) is 5.09. The van der Waals surface area contributed by atoms with E-state index in [9.17, 15) is 0 Å². The van der Waals surface area contributed by atoms with Crippen molar-refractivity contribution >= 4 is 99.1 Å². The van der Waals surface area contributed by atoms with E-state index in [1.807, 2.05) is 60.7 Å². The van der Waals surface area contributed by atoms with E-state index in [4.69, 9.17) is 44.2 Å². The molecular formula is C33H17B5N2. The van der Waals surface area contributed by atoms with Crippen molar-refractivity contribution in [3.8, 4) is 28.2 Å². The molecule has 1 heterocycles. The van der Waals surface area contributed by atoms with E-state index in [0.29, 0.717) is 16.5 Å². The van der Waals surface area contributed by atoms with Gasteiger partial charge in [0.25, 0.3) is 0 Å². The molecule has 0 aliphatic heterocycles. The first-order chi connectivity index (χ1) is 19.5. The molecule has 174 valence electrons. The van der Waals surface area contributed by atoms with Gasteiger partial charge in [-0.2, -0.15) is 0 Å². The molecule has 0 bridgehead atoms. The molecule has 0 saturated carbocycles. The van der Waals surface area contributed by atoms with Crippen LogP contribution in [0.2, 0.25) is 0 Å². The van der Waals surface area contributed by atoms with Crippen molar-refractivity contribution in [2.45, 2.75) is 0 Å². The van der Waals surface area contributed by atoms with Crippen LogP contribution in [0.3, 0.4) is 0 Å². The molecule has 0 unspecified atom stereocenters. The van der Waals surface area contributed by atoms with Crippen LogP contribution in [-0.2, 0) is 0 Å². The second-order valence-electron chi connectivity index (χ2n) is 9.88. The van der Waals surface area contributed by atoms with E-state index >= 15 is 0 Å². The fraction of sp³-hybridized carbons (Fsp3) is 0. The Morgan fingerprint density at radius 1 is 0.450 bits per heavy atom. The third kappa shape index (κ3) is 3.54. The monoisotopic (exact) mass is 496 g/mol. The first-order valence-electron chi connectivity index (χ1n) is 13.0. The number of aromatic nitrogens is 2. The van der Waals surface area contributed by atoms with Gasteiger partial charge in [-0.3, -0.25) is 4.57 Å². The molecule has 10 radical (unpaired) electrons. The molecule has 0 spiro atoms. The van der Waals surface area contributed by atoms with Gasteiger partial charge in [0.15, 0.2) is 0 Å². The Hall–Kier alpha value is -4.37. The van der Waals surface area contributed by atoms with Crippen LogP contribution in [0.4, 0.5) is 0 Å². The van der Waals surface area contributed by atoms with Gasteiger partial charge in [0, 0.05) is 16.3 Å². The van der Waals surface area contributed by atoms with Crippen molar-refractivity contribution < 1.29 is 0 Å². The van der Waals surface area contributed by atoms with Crippen molar-refractivity contribution in [2.75, 3.05) is 0 Å². The van der Waals surface area contributed by atoms with Crippen molar-refractivity contribution in [3.63, 3.8) is 0 Å². The predicted molar refractivity (Wildman–Crippen MR) is 174 cm³/mol. The lowest BCUT2D eigenvalue weighted by Gasteiger charge is -2.25. The molecule has 40 heavy (non-hydrogen) atoms. The van der Waals surface area contributed by atoms with Crippen LogP contribution in [0.25, 0.3) is 60.8 Å². The molecule has 0 aliphatic rings. The lowest BCUT2D eigenvalue weighted by atomic mass is 9.59. The normalized spacial score (nSPS) is 11.5. The SMILES string of the molecule is [B]c1c([B])c([B])c(-c2c3ccccc3c(-n3c(-c4ccccc4)nc4ccccc43)c3ccccc23)c([B])c1[B]. The molecule has 0 amide bonds. The van der Waals surface area contributed by atoms with E-state index in [2.05, 4.69) is 47.0 Å². The maximum Gasteiger partial charge on any atom is 0.145 e. The molecule has 2 nitrogen and oxygen atoms in total. The van der Waals surface area contributed by atoms with Gasteiger partial charge in [0.1, 0.15) is 45.1 Å². The maximum absolute atomic E-state index is 6.62. The fourth-order valence-electron chi connectivity index (χ4n) is 5.77. The largest absolute Gasteiger partial charge is 0.291 e. The van der Waals surface area contributed by atoms with Gasteiger partial charge in [-0.1, -0.05) is 102 Å². The zero-order chi connectivity index (χ0) is 27.5. The van der Waals surface area contributed by atoms with E-state index < -0.39 is 0 Å². The average Bonchev–Trinajstić information content (AvgIpc) is 3.38. The lowest BCUT2D eigenvalue weighted by molar-refractivity contribution is 1.13. The second kappa shape index (κ2) is 9.38. The number of imidazole rings is 1. The lowest BCUT2D eigenvalue weighted by Crippen LogP contribution is -2.55. The van der Waals surface area contributed by atoms with E-state index in [1.54, 1.807) is 0 Å². The van der Waals surface area contributed by atoms with Crippen LogP contribution < -0.4 is 27.3 Å². The Bertz CT molecular complexity index is 2030. The van der Waals surface area contributed by atoms with E-state index in [1.165, 1.54) is 0 Å². The summed E-state index contributed by atoms with van der Waals surface area (Å²) in [6.45, 7) is 0. The van der Waals surface area contributed by atoms with Crippen LogP contribution in [0.1, 0.15) is 0 Å². The number of hydrogen-bond acceptors (Lipinski definition) is 1. The number of rotatable bonds is 3. The highest BCUT2D eigenvalue weighted by molar-refractivity contribution is 6.69. The van der Waals surface area contributed by atoms with Crippen molar-refractivity contribution in [1.29, 1.82) is 0 Å². The minimum Gasteiger partial charge on any atom is -0.291 e. The molecule has 7 rings (SSSR count). The summed E-state index contributed by atoms with van der Waals surface area (Å²) in [6, 6.07) is 34.9. The van der Waals surface area contributed by atoms with Crippen LogP contribution in [0, 0.1) is 0 Å². The Labute approximate surface area is 239 Å². The smallest absolute Gasteiger partial charge is 0.145 e. The van der Waals surface area contributed by atoms with Gasteiger partial charge >= 0.3 is 0 Å². The molecule has 0 atom stereocenters. The summed E-state index contributed by atoms with van der Waals surface area (Å²) >= 11 is 0. The van der Waals surface area contributed by atoms with Gasteiger partial charge < -0.3 is 0 Å². The first kappa shape index (κ1) is 24.7. The summed E-state index contributed by atoms with van der Waals surface area (Å²) < 4.78 is 2.25. The highest BCUT2D eigenvalue weighted by Gasteiger charge is 2.23. The maximum atomic E-state index is 6.62. The minimum atomic E-state index is 0.196. The summed E-state index contributed by atoms with van der Waals surface area (Å²) in [5.41, 5.74) is 6.65. The van der Waals surface area contributed by atoms with E-state index in [-0.39, 0.29) is 16.4 Å². The molecule has 7 aromatic rings. The highest BCUT2D eigenvalue weighted by atomic mass is 15.1. The van der Waals surface area contributed by atoms with Crippen LogP contribution >= 0.6 is 0 Å². The summed E-state index contributed by atoms with van der Waals surface area (Å²) in [7, 11) is 32.1. The quantitative estimate of drug-likeness (QED) is 0.272.